The fourth-order valence-electron chi connectivity index (χ4n) is 4.28. The normalized spacial score (nSPS) is 11.5. The van der Waals surface area contributed by atoms with Gasteiger partial charge in [-0.2, -0.15) is 0 Å². The molecule has 2 amide bonds. The molecule has 1 heterocycles. The molecule has 0 aliphatic heterocycles. The molecule has 1 aromatic heterocycles. The Kier molecular flexibility index (Phi) is 8.85. The van der Waals surface area contributed by atoms with Gasteiger partial charge in [0.05, 0.1) is 19.9 Å². The zero-order chi connectivity index (χ0) is 29.0. The molecule has 3 aromatic rings. The van der Waals surface area contributed by atoms with Gasteiger partial charge in [0.1, 0.15) is 10.5 Å². The van der Waals surface area contributed by atoms with Crippen LogP contribution in [0.3, 0.4) is 0 Å². The molecule has 0 aliphatic carbocycles. The van der Waals surface area contributed by atoms with Gasteiger partial charge < -0.3 is 19.3 Å². The number of hydrogen-bond donors (Lipinski definition) is 2. The van der Waals surface area contributed by atoms with Crippen molar-refractivity contribution in [3.05, 3.63) is 59.0 Å². The first-order chi connectivity index (χ1) is 18.2. The zero-order valence-electron chi connectivity index (χ0n) is 23.0. The number of hydrazine groups is 1. The summed E-state index contributed by atoms with van der Waals surface area (Å²) in [5.74, 6) is 0.482. The number of imide groups is 1. The molecule has 208 valence electrons. The molecule has 0 bridgehead atoms. The average Bonchev–Trinajstić information content (AvgIpc) is 3.28. The summed E-state index contributed by atoms with van der Waals surface area (Å²) in [6.45, 7) is 9.41. The minimum atomic E-state index is -1.59. The second-order valence-corrected chi connectivity index (χ2v) is 11.6. The number of ketones is 1. The summed E-state index contributed by atoms with van der Waals surface area (Å²) in [5, 5.41) is 10.1. The Hall–Kier alpha value is -4.12. The lowest BCUT2D eigenvalue weighted by molar-refractivity contribution is -0.00425. The van der Waals surface area contributed by atoms with Crippen LogP contribution in [0.5, 0.6) is 11.5 Å². The number of anilines is 1. The number of carboxylic acid groups (broad SMARTS) is 1. The molecule has 11 heteroatoms. The van der Waals surface area contributed by atoms with Gasteiger partial charge in [-0.1, -0.05) is 62.4 Å². The van der Waals surface area contributed by atoms with E-state index >= 15 is 0 Å². The van der Waals surface area contributed by atoms with Gasteiger partial charge in [0.25, 0.3) is 0 Å². The summed E-state index contributed by atoms with van der Waals surface area (Å²) in [6.07, 6.45) is -2.20. The molecule has 0 radical (unpaired) electrons. The summed E-state index contributed by atoms with van der Waals surface area (Å²) >= 11 is 0.915. The molecule has 0 unspecified atom stereocenters. The lowest BCUT2D eigenvalue weighted by atomic mass is 9.84. The average molecular weight is 556 g/mol. The molecule has 39 heavy (non-hydrogen) atoms. The number of methoxy groups -OCH3 is 2. The van der Waals surface area contributed by atoms with Crippen LogP contribution in [-0.4, -0.2) is 52.9 Å². The third-order valence-electron chi connectivity index (χ3n) is 5.43. The van der Waals surface area contributed by atoms with E-state index < -0.39 is 17.8 Å². The molecular weight excluding hydrogens is 522 g/mol. The molecule has 2 aromatic carbocycles. The van der Waals surface area contributed by atoms with E-state index in [1.807, 2.05) is 26.8 Å². The van der Waals surface area contributed by atoms with Crippen molar-refractivity contribution in [2.24, 2.45) is 5.41 Å². The van der Waals surface area contributed by atoms with Crippen LogP contribution in [0.25, 0.3) is 11.3 Å². The van der Waals surface area contributed by atoms with E-state index in [1.54, 1.807) is 56.3 Å². The van der Waals surface area contributed by atoms with Crippen molar-refractivity contribution in [2.45, 2.75) is 46.6 Å². The van der Waals surface area contributed by atoms with Gasteiger partial charge in [-0.25, -0.2) is 14.6 Å². The Bertz CT molecular complexity index is 1350. The molecule has 0 saturated heterocycles. The summed E-state index contributed by atoms with van der Waals surface area (Å²) < 4.78 is 16.1. The van der Waals surface area contributed by atoms with Gasteiger partial charge in [0, 0.05) is 11.1 Å². The number of thiazole rings is 1. The van der Waals surface area contributed by atoms with Gasteiger partial charge in [0.15, 0.2) is 11.5 Å². The van der Waals surface area contributed by atoms with E-state index in [-0.39, 0.29) is 21.2 Å². The first-order valence-corrected chi connectivity index (χ1v) is 12.9. The Labute approximate surface area is 231 Å². The first-order valence-electron chi connectivity index (χ1n) is 12.1. The Morgan fingerprint density at radius 2 is 1.62 bits per heavy atom. The topological polar surface area (TPSA) is 127 Å². The lowest BCUT2D eigenvalue weighted by Gasteiger charge is -2.33. The maximum absolute atomic E-state index is 13.6. The fourth-order valence-corrected chi connectivity index (χ4v) is 5.22. The van der Waals surface area contributed by atoms with Crippen LogP contribution in [0.15, 0.2) is 48.5 Å². The molecular formula is C28H33N3O7S. The van der Waals surface area contributed by atoms with Gasteiger partial charge in [0.2, 0.25) is 10.9 Å². The quantitative estimate of drug-likeness (QED) is 0.218. The predicted octanol–water partition coefficient (Wildman–Crippen LogP) is 6.72. The number of carbonyl (C=O) groups excluding carboxylic acids is 2. The van der Waals surface area contributed by atoms with Crippen molar-refractivity contribution in [3.63, 3.8) is 0 Å². The zero-order valence-corrected chi connectivity index (χ0v) is 23.8. The van der Waals surface area contributed by atoms with Gasteiger partial charge in [-0.15, -0.1) is 5.01 Å². The monoisotopic (exact) mass is 555 g/mol. The van der Waals surface area contributed by atoms with Crippen LogP contribution in [-0.2, 0) is 4.74 Å². The van der Waals surface area contributed by atoms with Crippen LogP contribution < -0.4 is 14.9 Å². The van der Waals surface area contributed by atoms with E-state index in [1.165, 1.54) is 14.2 Å². The second-order valence-electron chi connectivity index (χ2n) is 10.6. The Morgan fingerprint density at radius 3 is 2.18 bits per heavy atom. The molecule has 0 atom stereocenters. The largest absolute Gasteiger partial charge is 0.493 e. The predicted molar refractivity (Wildman–Crippen MR) is 149 cm³/mol. The number of benzene rings is 2. The van der Waals surface area contributed by atoms with Crippen LogP contribution in [0.1, 0.15) is 56.3 Å². The first kappa shape index (κ1) is 29.4. The van der Waals surface area contributed by atoms with E-state index in [0.717, 1.165) is 11.3 Å². The van der Waals surface area contributed by atoms with Crippen LogP contribution >= 0.6 is 11.3 Å². The molecule has 10 nitrogen and oxygen atoms in total. The molecule has 2 N–H and O–H groups in total. The fraction of sp³-hybridized carbons (Fsp3) is 0.357. The van der Waals surface area contributed by atoms with Crippen molar-refractivity contribution in [2.75, 3.05) is 19.6 Å². The Balaban J connectivity index is 1.98. The standard InChI is InChI=1S/C28H33N3O7S/c1-27(2,3)16-28(4,5)38-26(35)31(25(33)34)30-24-29-21(17-11-9-8-10-12-17)23(39-24)22(32)18-13-14-19(36-6)20(15-18)37-7/h8-15H,16H2,1-7H3,(H,29,30)(H,33,34). The smallest absolute Gasteiger partial charge is 0.439 e. The van der Waals surface area contributed by atoms with Crippen LogP contribution in [0, 0.1) is 5.41 Å². The second kappa shape index (κ2) is 11.7. The van der Waals surface area contributed by atoms with Crippen molar-refractivity contribution in [3.8, 4) is 22.8 Å². The highest BCUT2D eigenvalue weighted by Crippen LogP contribution is 2.36. The van der Waals surface area contributed by atoms with Crippen molar-refractivity contribution >= 4 is 34.4 Å². The summed E-state index contributed by atoms with van der Waals surface area (Å²) in [5.41, 5.74) is 2.70. The minimum absolute atomic E-state index is 0.0191. The van der Waals surface area contributed by atoms with Crippen LogP contribution in [0.2, 0.25) is 0 Å². The maximum atomic E-state index is 13.6. The molecule has 0 fully saturated rings. The molecule has 0 saturated carbocycles. The van der Waals surface area contributed by atoms with Gasteiger partial charge >= 0.3 is 12.2 Å². The van der Waals surface area contributed by atoms with Gasteiger partial charge in [-0.3, -0.25) is 10.2 Å². The van der Waals surface area contributed by atoms with Crippen molar-refractivity contribution in [1.82, 2.24) is 9.99 Å². The SMILES string of the molecule is COc1ccc(C(=O)c2sc(NN(C(=O)O)C(=O)OC(C)(C)CC(C)(C)C)nc2-c2ccccc2)cc1OC. The number of nitrogens with zero attached hydrogens (tertiary/aromatic N) is 2. The number of amides is 2. The molecule has 3 rings (SSSR count). The number of rotatable bonds is 9. The summed E-state index contributed by atoms with van der Waals surface area (Å²) in [6, 6.07) is 13.8. The highest BCUT2D eigenvalue weighted by Gasteiger charge is 2.34. The summed E-state index contributed by atoms with van der Waals surface area (Å²) in [7, 11) is 2.97. The van der Waals surface area contributed by atoms with E-state index in [4.69, 9.17) is 14.2 Å². The van der Waals surface area contributed by atoms with E-state index in [9.17, 15) is 19.5 Å². The summed E-state index contributed by atoms with van der Waals surface area (Å²) in [4.78, 5) is 43.2. The Morgan fingerprint density at radius 1 is 0.974 bits per heavy atom. The lowest BCUT2D eigenvalue weighted by Crippen LogP contribution is -2.45. The molecule has 0 aliphatic rings. The maximum Gasteiger partial charge on any atom is 0.439 e. The van der Waals surface area contributed by atoms with Crippen molar-refractivity contribution < 1.29 is 33.7 Å². The van der Waals surface area contributed by atoms with Gasteiger partial charge in [-0.05, 0) is 43.9 Å². The number of carbonyl (C=O) groups is 3. The highest BCUT2D eigenvalue weighted by atomic mass is 32.1. The third-order valence-corrected chi connectivity index (χ3v) is 6.39. The van der Waals surface area contributed by atoms with E-state index in [2.05, 4.69) is 10.4 Å². The van der Waals surface area contributed by atoms with Crippen molar-refractivity contribution in [1.29, 1.82) is 0 Å². The van der Waals surface area contributed by atoms with Crippen LogP contribution in [0.4, 0.5) is 14.7 Å². The third kappa shape index (κ3) is 7.47. The number of hydrogen-bond acceptors (Lipinski definition) is 9. The number of aromatic nitrogens is 1. The minimum Gasteiger partial charge on any atom is -0.493 e. The number of ether oxygens (including phenoxy) is 3. The highest BCUT2D eigenvalue weighted by molar-refractivity contribution is 7.18. The molecule has 0 spiro atoms. The van der Waals surface area contributed by atoms with E-state index in [0.29, 0.717) is 39.7 Å². The number of nitrogens with one attached hydrogen (secondary N) is 1.